The molecule has 0 amide bonds. The van der Waals surface area contributed by atoms with E-state index in [4.69, 9.17) is 4.42 Å². The molecule has 0 N–H and O–H groups in total. The third-order valence-corrected chi connectivity index (χ3v) is 3.00. The molecule has 1 heteroatoms. The molecule has 1 nitrogen and oxygen atoms in total. The number of aryl methyl sites for hydroxylation is 2. The highest BCUT2D eigenvalue weighted by Crippen LogP contribution is 2.45. The highest BCUT2D eigenvalue weighted by molar-refractivity contribution is 5.72. The van der Waals surface area contributed by atoms with E-state index in [9.17, 15) is 0 Å². The number of allylic oxidation sites excluding steroid dienone is 2. The highest BCUT2D eigenvalue weighted by Gasteiger charge is 2.30. The van der Waals surface area contributed by atoms with E-state index in [1.807, 2.05) is 6.92 Å². The number of hydrogen-bond acceptors (Lipinski definition) is 1. The van der Waals surface area contributed by atoms with Crippen LogP contribution in [0.3, 0.4) is 0 Å². The van der Waals surface area contributed by atoms with Gasteiger partial charge >= 0.3 is 0 Å². The maximum absolute atomic E-state index is 5.67. The number of hydrogen-bond donors (Lipinski definition) is 0. The van der Waals surface area contributed by atoms with Crippen molar-refractivity contribution in [2.75, 3.05) is 0 Å². The predicted octanol–water partition coefficient (Wildman–Crippen LogP) is 3.33. The summed E-state index contributed by atoms with van der Waals surface area (Å²) in [5.74, 6) is 3.15. The smallest absolute Gasteiger partial charge is 0.111 e. The lowest BCUT2D eigenvalue weighted by molar-refractivity contribution is 0.481. The number of fused-ring (bicyclic) bond motifs is 1. The minimum Gasteiger partial charge on any atom is -0.466 e. The molecule has 1 heterocycles. The maximum Gasteiger partial charge on any atom is 0.111 e. The van der Waals surface area contributed by atoms with E-state index in [2.05, 4.69) is 12.1 Å². The molecular formula is C12H14O. The average Bonchev–Trinajstić information content (AvgIpc) is 2.86. The zero-order chi connectivity index (χ0) is 8.84. The first-order valence-corrected chi connectivity index (χ1v) is 5.14. The van der Waals surface area contributed by atoms with Gasteiger partial charge in [-0.3, -0.25) is 0 Å². The SMILES string of the molecule is Cc1cc2c(o1)CCC=C2C1CC1. The Hall–Kier alpha value is -0.980. The molecule has 0 radical (unpaired) electrons. The van der Waals surface area contributed by atoms with Crippen LogP contribution in [0.5, 0.6) is 0 Å². The zero-order valence-electron chi connectivity index (χ0n) is 7.97. The van der Waals surface area contributed by atoms with Crippen molar-refractivity contribution in [2.45, 2.75) is 32.6 Å². The molecule has 1 saturated carbocycles. The van der Waals surface area contributed by atoms with Gasteiger partial charge in [-0.15, -0.1) is 0 Å². The Kier molecular flexibility index (Phi) is 1.43. The second kappa shape index (κ2) is 2.50. The van der Waals surface area contributed by atoms with Crippen LogP contribution in [0.4, 0.5) is 0 Å². The van der Waals surface area contributed by atoms with E-state index in [1.54, 1.807) is 5.57 Å². The lowest BCUT2D eigenvalue weighted by Crippen LogP contribution is -1.96. The minimum atomic E-state index is 0.857. The van der Waals surface area contributed by atoms with Crippen molar-refractivity contribution in [3.05, 3.63) is 29.2 Å². The Morgan fingerprint density at radius 3 is 3.00 bits per heavy atom. The molecule has 1 fully saturated rings. The second-order valence-corrected chi connectivity index (χ2v) is 4.17. The molecular weight excluding hydrogens is 160 g/mol. The van der Waals surface area contributed by atoms with Crippen LogP contribution in [0.2, 0.25) is 0 Å². The minimum absolute atomic E-state index is 0.857. The first kappa shape index (κ1) is 7.43. The largest absolute Gasteiger partial charge is 0.466 e. The van der Waals surface area contributed by atoms with Crippen LogP contribution in [0.1, 0.15) is 36.3 Å². The fourth-order valence-corrected chi connectivity index (χ4v) is 2.24. The zero-order valence-corrected chi connectivity index (χ0v) is 7.97. The van der Waals surface area contributed by atoms with Gasteiger partial charge in [-0.2, -0.15) is 0 Å². The van der Waals surface area contributed by atoms with Crippen LogP contribution >= 0.6 is 0 Å². The number of furan rings is 1. The van der Waals surface area contributed by atoms with Crippen LogP contribution in [-0.2, 0) is 6.42 Å². The average molecular weight is 174 g/mol. The monoisotopic (exact) mass is 174 g/mol. The Bertz CT molecular complexity index is 366. The summed E-state index contributed by atoms with van der Waals surface area (Å²) in [6.45, 7) is 2.04. The van der Waals surface area contributed by atoms with E-state index in [0.29, 0.717) is 0 Å². The Labute approximate surface area is 78.4 Å². The summed E-state index contributed by atoms with van der Waals surface area (Å²) in [4.78, 5) is 0. The van der Waals surface area contributed by atoms with Gasteiger partial charge in [0.1, 0.15) is 11.5 Å². The van der Waals surface area contributed by atoms with Crippen molar-refractivity contribution in [1.82, 2.24) is 0 Å². The summed E-state index contributed by atoms with van der Waals surface area (Å²) in [7, 11) is 0. The molecule has 0 bridgehead atoms. The van der Waals surface area contributed by atoms with Crippen molar-refractivity contribution >= 4 is 5.57 Å². The van der Waals surface area contributed by atoms with Crippen LogP contribution < -0.4 is 0 Å². The van der Waals surface area contributed by atoms with Gasteiger partial charge < -0.3 is 4.42 Å². The fourth-order valence-electron chi connectivity index (χ4n) is 2.24. The molecule has 0 unspecified atom stereocenters. The van der Waals surface area contributed by atoms with E-state index in [1.165, 1.54) is 30.6 Å². The quantitative estimate of drug-likeness (QED) is 0.636. The molecule has 2 aliphatic carbocycles. The summed E-state index contributed by atoms with van der Waals surface area (Å²) < 4.78 is 5.67. The summed E-state index contributed by atoms with van der Waals surface area (Å²) in [6, 6.07) is 2.21. The van der Waals surface area contributed by atoms with Crippen molar-refractivity contribution in [3.8, 4) is 0 Å². The van der Waals surface area contributed by atoms with Gasteiger partial charge in [0.25, 0.3) is 0 Å². The van der Waals surface area contributed by atoms with Gasteiger partial charge in [0.2, 0.25) is 0 Å². The molecule has 13 heavy (non-hydrogen) atoms. The van der Waals surface area contributed by atoms with Crippen molar-refractivity contribution < 1.29 is 4.42 Å². The van der Waals surface area contributed by atoms with Crippen molar-refractivity contribution in [1.29, 1.82) is 0 Å². The molecule has 2 aliphatic rings. The lowest BCUT2D eigenvalue weighted by atomic mass is 9.94. The van der Waals surface area contributed by atoms with Crippen molar-refractivity contribution in [2.24, 2.45) is 5.92 Å². The van der Waals surface area contributed by atoms with Gasteiger partial charge in [0, 0.05) is 12.0 Å². The normalized spacial score (nSPS) is 21.2. The standard InChI is InChI=1S/C12H14O/c1-8-7-11-10(9-5-6-9)3-2-4-12(11)13-8/h3,7,9H,2,4-6H2,1H3. The molecule has 68 valence electrons. The van der Waals surface area contributed by atoms with Gasteiger partial charge in [-0.05, 0) is 43.7 Å². The molecule has 1 aromatic rings. The summed E-state index contributed by atoms with van der Waals surface area (Å²) in [5.41, 5.74) is 2.98. The molecule has 3 rings (SSSR count). The molecule has 0 aliphatic heterocycles. The van der Waals surface area contributed by atoms with Crippen LogP contribution in [-0.4, -0.2) is 0 Å². The van der Waals surface area contributed by atoms with E-state index in [0.717, 1.165) is 18.1 Å². The first-order valence-electron chi connectivity index (χ1n) is 5.14. The molecule has 0 aromatic carbocycles. The van der Waals surface area contributed by atoms with E-state index < -0.39 is 0 Å². The third kappa shape index (κ3) is 1.14. The molecule has 0 saturated heterocycles. The first-order chi connectivity index (χ1) is 6.34. The Balaban J connectivity index is 2.08. The summed E-state index contributed by atoms with van der Waals surface area (Å²) in [6.07, 6.45) is 7.45. The fraction of sp³-hybridized carbons (Fsp3) is 0.500. The maximum atomic E-state index is 5.67. The van der Waals surface area contributed by atoms with Crippen molar-refractivity contribution in [3.63, 3.8) is 0 Å². The predicted molar refractivity (Wildman–Crippen MR) is 52.5 cm³/mol. The highest BCUT2D eigenvalue weighted by atomic mass is 16.3. The topological polar surface area (TPSA) is 13.1 Å². The lowest BCUT2D eigenvalue weighted by Gasteiger charge is -2.11. The van der Waals surface area contributed by atoms with Crippen LogP contribution in [0.15, 0.2) is 16.6 Å². The van der Waals surface area contributed by atoms with Gasteiger partial charge in [-0.25, -0.2) is 0 Å². The van der Waals surface area contributed by atoms with E-state index >= 15 is 0 Å². The van der Waals surface area contributed by atoms with Gasteiger partial charge in [0.15, 0.2) is 0 Å². The molecule has 1 aromatic heterocycles. The van der Waals surface area contributed by atoms with E-state index in [-0.39, 0.29) is 0 Å². The number of rotatable bonds is 1. The Morgan fingerprint density at radius 2 is 2.23 bits per heavy atom. The summed E-state index contributed by atoms with van der Waals surface area (Å²) >= 11 is 0. The summed E-state index contributed by atoms with van der Waals surface area (Å²) in [5, 5.41) is 0. The van der Waals surface area contributed by atoms with Crippen LogP contribution in [0.25, 0.3) is 5.57 Å². The van der Waals surface area contributed by atoms with Crippen LogP contribution in [0, 0.1) is 12.8 Å². The van der Waals surface area contributed by atoms with Gasteiger partial charge in [0.05, 0.1) is 0 Å². The Morgan fingerprint density at radius 1 is 1.38 bits per heavy atom. The molecule has 0 atom stereocenters. The third-order valence-electron chi connectivity index (χ3n) is 3.00. The second-order valence-electron chi connectivity index (χ2n) is 4.17. The molecule has 0 spiro atoms. The van der Waals surface area contributed by atoms with Gasteiger partial charge in [-0.1, -0.05) is 6.08 Å².